The van der Waals surface area contributed by atoms with Crippen molar-refractivity contribution in [2.45, 2.75) is 6.92 Å². The number of amides is 2. The number of hydrogen-bond acceptors (Lipinski definition) is 3. The summed E-state index contributed by atoms with van der Waals surface area (Å²) < 4.78 is 5.03. The van der Waals surface area contributed by atoms with E-state index in [-0.39, 0.29) is 11.9 Å². The average Bonchev–Trinajstić information content (AvgIpc) is 2.39. The molecular weight excluding hydrogens is 230 g/mol. The van der Waals surface area contributed by atoms with Crippen LogP contribution in [0.25, 0.3) is 0 Å². The lowest BCUT2D eigenvalue weighted by Gasteiger charge is -2.18. The zero-order valence-electron chi connectivity index (χ0n) is 10.8. The predicted molar refractivity (Wildman–Crippen MR) is 69.4 cm³/mol. The first-order valence-corrected chi connectivity index (χ1v) is 5.62. The molecule has 0 spiro atoms. The van der Waals surface area contributed by atoms with Crippen LogP contribution in [0.5, 0.6) is 5.75 Å². The molecule has 0 saturated carbocycles. The van der Waals surface area contributed by atoms with Gasteiger partial charge in [-0.1, -0.05) is 0 Å². The van der Waals surface area contributed by atoms with Crippen LogP contribution >= 0.6 is 0 Å². The lowest BCUT2D eigenvalue weighted by molar-refractivity contribution is 0.219. The van der Waals surface area contributed by atoms with Crippen molar-refractivity contribution in [3.8, 4) is 11.8 Å². The van der Waals surface area contributed by atoms with Crippen molar-refractivity contribution in [1.82, 2.24) is 4.90 Å². The van der Waals surface area contributed by atoms with Crippen molar-refractivity contribution in [2.75, 3.05) is 26.0 Å². The van der Waals surface area contributed by atoms with Gasteiger partial charge in [0.2, 0.25) is 0 Å². The quantitative estimate of drug-likeness (QED) is 0.888. The number of hydrogen-bond donors (Lipinski definition) is 1. The van der Waals surface area contributed by atoms with Gasteiger partial charge in [0.15, 0.2) is 0 Å². The number of nitrogens with zero attached hydrogens (tertiary/aromatic N) is 2. The van der Waals surface area contributed by atoms with Crippen molar-refractivity contribution in [2.24, 2.45) is 5.92 Å². The molecule has 1 N–H and O–H groups in total. The number of carbonyl (C=O) groups is 1. The van der Waals surface area contributed by atoms with Crippen molar-refractivity contribution >= 4 is 11.7 Å². The van der Waals surface area contributed by atoms with E-state index in [1.165, 1.54) is 4.90 Å². The molecule has 1 atom stereocenters. The topological polar surface area (TPSA) is 65.4 Å². The molecule has 0 heterocycles. The number of benzene rings is 1. The van der Waals surface area contributed by atoms with E-state index in [4.69, 9.17) is 10.00 Å². The smallest absolute Gasteiger partial charge is 0.321 e. The van der Waals surface area contributed by atoms with Crippen LogP contribution < -0.4 is 10.1 Å². The molecule has 1 aromatic carbocycles. The van der Waals surface area contributed by atoms with Crippen LogP contribution in [0.4, 0.5) is 10.5 Å². The summed E-state index contributed by atoms with van der Waals surface area (Å²) in [4.78, 5) is 13.3. The Morgan fingerprint density at radius 3 is 2.61 bits per heavy atom. The second kappa shape index (κ2) is 6.50. The Balaban J connectivity index is 2.55. The van der Waals surface area contributed by atoms with E-state index >= 15 is 0 Å². The maximum atomic E-state index is 11.8. The summed E-state index contributed by atoms with van der Waals surface area (Å²) in [6.45, 7) is 2.18. The van der Waals surface area contributed by atoms with Crippen LogP contribution in [0, 0.1) is 17.2 Å². The van der Waals surface area contributed by atoms with E-state index in [0.717, 1.165) is 5.75 Å². The number of anilines is 1. The van der Waals surface area contributed by atoms with Crippen LogP contribution in [0.15, 0.2) is 24.3 Å². The van der Waals surface area contributed by atoms with Crippen molar-refractivity contribution in [1.29, 1.82) is 5.26 Å². The molecule has 0 radical (unpaired) electrons. The number of ether oxygens (including phenoxy) is 1. The van der Waals surface area contributed by atoms with Crippen LogP contribution in [0.3, 0.4) is 0 Å². The van der Waals surface area contributed by atoms with Gasteiger partial charge < -0.3 is 15.0 Å². The molecule has 0 aromatic heterocycles. The zero-order valence-corrected chi connectivity index (χ0v) is 10.8. The number of nitrogens with one attached hydrogen (secondary N) is 1. The Hall–Kier alpha value is -2.22. The molecule has 1 rings (SSSR count). The lowest BCUT2D eigenvalue weighted by Crippen LogP contribution is -2.34. The molecule has 2 amide bonds. The van der Waals surface area contributed by atoms with Crippen molar-refractivity contribution in [3.63, 3.8) is 0 Å². The fraction of sp³-hybridized carbons (Fsp3) is 0.385. The minimum absolute atomic E-state index is 0.184. The van der Waals surface area contributed by atoms with E-state index in [0.29, 0.717) is 12.2 Å². The number of urea groups is 1. The predicted octanol–water partition coefficient (Wildman–Crippen LogP) is 2.32. The molecule has 0 aliphatic rings. The lowest BCUT2D eigenvalue weighted by atomic mass is 10.2. The molecular formula is C13H17N3O2. The molecule has 5 heteroatoms. The summed E-state index contributed by atoms with van der Waals surface area (Å²) in [6, 6.07) is 8.92. The summed E-state index contributed by atoms with van der Waals surface area (Å²) in [5.41, 5.74) is 0.692. The van der Waals surface area contributed by atoms with Crippen LogP contribution in [-0.2, 0) is 0 Å². The normalized spacial score (nSPS) is 11.2. The average molecular weight is 247 g/mol. The second-order valence-electron chi connectivity index (χ2n) is 4.07. The highest BCUT2D eigenvalue weighted by atomic mass is 16.5. The third-order valence-electron chi connectivity index (χ3n) is 2.46. The van der Waals surface area contributed by atoms with Gasteiger partial charge in [0.25, 0.3) is 0 Å². The molecule has 0 fully saturated rings. The molecule has 0 aliphatic carbocycles. The van der Waals surface area contributed by atoms with Gasteiger partial charge in [0.1, 0.15) is 5.75 Å². The summed E-state index contributed by atoms with van der Waals surface area (Å²) in [5.74, 6) is 0.552. The molecule has 5 nitrogen and oxygen atoms in total. The minimum Gasteiger partial charge on any atom is -0.497 e. The van der Waals surface area contributed by atoms with Crippen molar-refractivity contribution in [3.05, 3.63) is 24.3 Å². The molecule has 1 aromatic rings. The fourth-order valence-electron chi connectivity index (χ4n) is 1.43. The Bertz CT molecular complexity index is 437. The molecule has 0 aliphatic heterocycles. The second-order valence-corrected chi connectivity index (χ2v) is 4.07. The Morgan fingerprint density at radius 2 is 2.11 bits per heavy atom. The first kappa shape index (κ1) is 13.8. The molecule has 18 heavy (non-hydrogen) atoms. The van der Waals surface area contributed by atoms with Gasteiger partial charge in [-0.3, -0.25) is 0 Å². The number of methoxy groups -OCH3 is 1. The van der Waals surface area contributed by atoms with E-state index in [9.17, 15) is 4.79 Å². The fourth-order valence-corrected chi connectivity index (χ4v) is 1.43. The summed E-state index contributed by atoms with van der Waals surface area (Å²) in [7, 11) is 3.25. The van der Waals surface area contributed by atoms with Crippen LogP contribution in [0.1, 0.15) is 6.92 Å². The van der Waals surface area contributed by atoms with Gasteiger partial charge in [-0.15, -0.1) is 0 Å². The zero-order chi connectivity index (χ0) is 13.5. The van der Waals surface area contributed by atoms with Gasteiger partial charge >= 0.3 is 6.03 Å². The standard InChI is InChI=1S/C13H17N3O2/c1-10(8-14)9-16(2)13(17)15-11-4-6-12(18-3)7-5-11/h4-7,10H,9H2,1-3H3,(H,15,17). The number of nitriles is 1. The molecule has 0 saturated heterocycles. The third-order valence-corrected chi connectivity index (χ3v) is 2.46. The van der Waals surface area contributed by atoms with Gasteiger partial charge in [-0.05, 0) is 31.2 Å². The summed E-state index contributed by atoms with van der Waals surface area (Å²) in [5, 5.41) is 11.4. The van der Waals surface area contributed by atoms with E-state index < -0.39 is 0 Å². The summed E-state index contributed by atoms with van der Waals surface area (Å²) in [6.07, 6.45) is 0. The van der Waals surface area contributed by atoms with E-state index in [1.54, 1.807) is 45.3 Å². The van der Waals surface area contributed by atoms with Crippen LogP contribution in [-0.4, -0.2) is 31.6 Å². The van der Waals surface area contributed by atoms with Crippen LogP contribution in [0.2, 0.25) is 0 Å². The maximum absolute atomic E-state index is 11.8. The highest BCUT2D eigenvalue weighted by Crippen LogP contribution is 2.15. The Kier molecular flexibility index (Phi) is 5.00. The maximum Gasteiger partial charge on any atom is 0.321 e. The van der Waals surface area contributed by atoms with Crippen molar-refractivity contribution < 1.29 is 9.53 Å². The first-order valence-electron chi connectivity index (χ1n) is 5.62. The highest BCUT2D eigenvalue weighted by molar-refractivity contribution is 5.89. The van der Waals surface area contributed by atoms with E-state index in [2.05, 4.69) is 11.4 Å². The monoisotopic (exact) mass is 247 g/mol. The largest absolute Gasteiger partial charge is 0.497 e. The van der Waals surface area contributed by atoms with Gasteiger partial charge in [-0.2, -0.15) is 5.26 Å². The molecule has 1 unspecified atom stereocenters. The minimum atomic E-state index is -0.234. The van der Waals surface area contributed by atoms with E-state index in [1.807, 2.05) is 0 Å². The number of rotatable bonds is 4. The van der Waals surface area contributed by atoms with Gasteiger partial charge in [0, 0.05) is 19.3 Å². The SMILES string of the molecule is COc1ccc(NC(=O)N(C)CC(C)C#N)cc1. The van der Waals surface area contributed by atoms with Gasteiger partial charge in [0.05, 0.1) is 19.1 Å². The van der Waals surface area contributed by atoms with Gasteiger partial charge in [-0.25, -0.2) is 4.79 Å². The Labute approximate surface area is 107 Å². The molecule has 96 valence electrons. The third kappa shape index (κ3) is 3.98. The highest BCUT2D eigenvalue weighted by Gasteiger charge is 2.11. The summed E-state index contributed by atoms with van der Waals surface area (Å²) >= 11 is 0. The molecule has 0 bridgehead atoms. The Morgan fingerprint density at radius 1 is 1.50 bits per heavy atom. The first-order chi connectivity index (χ1) is 8.56. The number of carbonyl (C=O) groups excluding carboxylic acids is 1.